The maximum Gasteiger partial charge on any atom is 0.267 e. The summed E-state index contributed by atoms with van der Waals surface area (Å²) in [4.78, 5) is 24.4. The molecule has 0 saturated carbocycles. The van der Waals surface area contributed by atoms with Crippen LogP contribution in [0.2, 0.25) is 0 Å². The summed E-state index contributed by atoms with van der Waals surface area (Å²) >= 11 is 0. The van der Waals surface area contributed by atoms with Gasteiger partial charge in [-0.25, -0.2) is 4.68 Å². The number of nitrogens with zero attached hydrogens (tertiary/aromatic N) is 2. The van der Waals surface area contributed by atoms with Crippen LogP contribution in [-0.4, -0.2) is 34.9 Å². The van der Waals surface area contributed by atoms with Crippen molar-refractivity contribution in [2.24, 2.45) is 0 Å². The Hall–Kier alpha value is -2.99. The van der Waals surface area contributed by atoms with Crippen LogP contribution in [0.5, 0.6) is 0 Å². The molecule has 6 heteroatoms. The molecule has 4 rings (SSSR count). The first kappa shape index (κ1) is 17.4. The summed E-state index contributed by atoms with van der Waals surface area (Å²) < 4.78 is 6.71. The van der Waals surface area contributed by atoms with Crippen molar-refractivity contribution in [2.75, 3.05) is 13.2 Å². The van der Waals surface area contributed by atoms with E-state index in [1.165, 1.54) is 10.7 Å². The SMILES string of the molecule is O=C(Cn1nc(-c2cccc3ccccc23)ccc1=O)NC[C@H]1CCCO1. The van der Waals surface area contributed by atoms with Crippen LogP contribution in [0.15, 0.2) is 59.4 Å². The molecule has 2 heterocycles. The fourth-order valence-corrected chi connectivity index (χ4v) is 3.38. The van der Waals surface area contributed by atoms with Crippen molar-refractivity contribution in [3.63, 3.8) is 0 Å². The van der Waals surface area contributed by atoms with Gasteiger partial charge < -0.3 is 10.1 Å². The molecule has 1 N–H and O–H groups in total. The third-order valence-corrected chi connectivity index (χ3v) is 4.78. The number of carbonyl (C=O) groups excluding carboxylic acids is 1. The second-order valence-corrected chi connectivity index (χ2v) is 6.68. The summed E-state index contributed by atoms with van der Waals surface area (Å²) in [6.45, 7) is 1.11. The number of hydrogen-bond acceptors (Lipinski definition) is 4. The average molecular weight is 363 g/mol. The third-order valence-electron chi connectivity index (χ3n) is 4.78. The van der Waals surface area contributed by atoms with E-state index < -0.39 is 0 Å². The highest BCUT2D eigenvalue weighted by Gasteiger charge is 2.16. The number of nitrogens with one attached hydrogen (secondary N) is 1. The molecule has 1 saturated heterocycles. The smallest absolute Gasteiger partial charge is 0.267 e. The normalized spacial score (nSPS) is 16.5. The van der Waals surface area contributed by atoms with Crippen LogP contribution in [0.4, 0.5) is 0 Å². The Labute approximate surface area is 156 Å². The molecule has 1 aromatic heterocycles. The lowest BCUT2D eigenvalue weighted by Crippen LogP contribution is -2.37. The molecule has 0 unspecified atom stereocenters. The molecule has 6 nitrogen and oxygen atoms in total. The Bertz CT molecular complexity index is 1020. The van der Waals surface area contributed by atoms with Gasteiger partial charge in [0.1, 0.15) is 6.54 Å². The fraction of sp³-hybridized carbons (Fsp3) is 0.286. The van der Waals surface area contributed by atoms with Gasteiger partial charge in [0.2, 0.25) is 5.91 Å². The van der Waals surface area contributed by atoms with Crippen LogP contribution in [0.1, 0.15) is 12.8 Å². The van der Waals surface area contributed by atoms with Gasteiger partial charge in [-0.2, -0.15) is 5.10 Å². The van der Waals surface area contributed by atoms with Gasteiger partial charge in [0, 0.05) is 24.8 Å². The molecule has 3 aromatic rings. The van der Waals surface area contributed by atoms with E-state index in [1.807, 2.05) is 42.5 Å². The number of rotatable bonds is 5. The van der Waals surface area contributed by atoms with Gasteiger partial charge in [-0.15, -0.1) is 0 Å². The third kappa shape index (κ3) is 3.90. The minimum absolute atomic E-state index is 0.0700. The highest BCUT2D eigenvalue weighted by atomic mass is 16.5. The Balaban J connectivity index is 1.56. The Morgan fingerprint density at radius 1 is 1.15 bits per heavy atom. The molecule has 1 aliphatic rings. The van der Waals surface area contributed by atoms with Crippen molar-refractivity contribution in [1.29, 1.82) is 0 Å². The van der Waals surface area contributed by atoms with E-state index in [0.717, 1.165) is 35.8 Å². The molecule has 138 valence electrons. The highest BCUT2D eigenvalue weighted by molar-refractivity contribution is 5.95. The van der Waals surface area contributed by atoms with Crippen LogP contribution >= 0.6 is 0 Å². The first-order valence-corrected chi connectivity index (χ1v) is 9.15. The lowest BCUT2D eigenvalue weighted by molar-refractivity contribution is -0.122. The van der Waals surface area contributed by atoms with Crippen LogP contribution in [0.3, 0.4) is 0 Å². The Morgan fingerprint density at radius 2 is 2.00 bits per heavy atom. The molecule has 1 aliphatic heterocycles. The van der Waals surface area contributed by atoms with Crippen molar-refractivity contribution in [3.8, 4) is 11.3 Å². The van der Waals surface area contributed by atoms with Crippen molar-refractivity contribution in [3.05, 3.63) is 65.0 Å². The number of carbonyl (C=O) groups is 1. The number of aromatic nitrogens is 2. The molecule has 0 radical (unpaired) electrons. The molecule has 1 amide bonds. The maximum absolute atomic E-state index is 12.2. The van der Waals surface area contributed by atoms with Gasteiger partial charge in [-0.3, -0.25) is 9.59 Å². The predicted octanol–water partition coefficient (Wildman–Crippen LogP) is 2.36. The molecule has 1 atom stereocenters. The Kier molecular flexibility index (Phi) is 4.98. The monoisotopic (exact) mass is 363 g/mol. The van der Waals surface area contributed by atoms with Crippen LogP contribution < -0.4 is 10.9 Å². The minimum Gasteiger partial charge on any atom is -0.376 e. The summed E-state index contributed by atoms with van der Waals surface area (Å²) in [6.07, 6.45) is 2.05. The second-order valence-electron chi connectivity index (χ2n) is 6.68. The topological polar surface area (TPSA) is 73.2 Å². The first-order chi connectivity index (χ1) is 13.2. The summed E-state index contributed by atoms with van der Waals surface area (Å²) in [5.41, 5.74) is 1.30. The van der Waals surface area contributed by atoms with Crippen molar-refractivity contribution in [1.82, 2.24) is 15.1 Å². The van der Waals surface area contributed by atoms with Gasteiger partial charge >= 0.3 is 0 Å². The van der Waals surface area contributed by atoms with Gasteiger partial charge in [-0.05, 0) is 29.7 Å². The molecule has 0 spiro atoms. The van der Waals surface area contributed by atoms with Gasteiger partial charge in [0.15, 0.2) is 0 Å². The van der Waals surface area contributed by atoms with Crippen molar-refractivity contribution in [2.45, 2.75) is 25.5 Å². The summed E-state index contributed by atoms with van der Waals surface area (Å²) in [6, 6.07) is 17.1. The minimum atomic E-state index is -0.300. The Morgan fingerprint density at radius 3 is 2.85 bits per heavy atom. The van der Waals surface area contributed by atoms with Crippen molar-refractivity contribution < 1.29 is 9.53 Å². The first-order valence-electron chi connectivity index (χ1n) is 9.15. The van der Waals surface area contributed by atoms with Gasteiger partial charge in [0.05, 0.1) is 11.8 Å². The van der Waals surface area contributed by atoms with E-state index in [2.05, 4.69) is 10.4 Å². The van der Waals surface area contributed by atoms with E-state index in [9.17, 15) is 9.59 Å². The second kappa shape index (κ2) is 7.72. The molecular formula is C21H21N3O3. The van der Waals surface area contributed by atoms with Gasteiger partial charge in [0.25, 0.3) is 5.56 Å². The standard InChI is InChI=1S/C21H21N3O3/c25-20(22-13-16-7-4-12-27-16)14-24-21(26)11-10-19(23-24)18-9-3-6-15-5-1-2-8-17(15)18/h1-3,5-6,8-11,16H,4,7,12-14H2,(H,22,25)/t16-/m1/s1. The molecule has 0 aliphatic carbocycles. The number of benzene rings is 2. The fourth-order valence-electron chi connectivity index (χ4n) is 3.38. The molecule has 27 heavy (non-hydrogen) atoms. The van der Waals surface area contributed by atoms with Crippen molar-refractivity contribution >= 4 is 16.7 Å². The number of hydrogen-bond donors (Lipinski definition) is 1. The summed E-state index contributed by atoms with van der Waals surface area (Å²) in [7, 11) is 0. The zero-order chi connectivity index (χ0) is 18.6. The largest absolute Gasteiger partial charge is 0.376 e. The molecular weight excluding hydrogens is 342 g/mol. The quantitative estimate of drug-likeness (QED) is 0.755. The lowest BCUT2D eigenvalue weighted by Gasteiger charge is -2.12. The highest BCUT2D eigenvalue weighted by Crippen LogP contribution is 2.26. The van der Waals surface area contributed by atoms with E-state index in [-0.39, 0.29) is 24.1 Å². The number of fused-ring (bicyclic) bond motifs is 1. The van der Waals surface area contributed by atoms with Crippen LogP contribution in [-0.2, 0) is 16.1 Å². The molecule has 1 fully saturated rings. The van der Waals surface area contributed by atoms with E-state index in [0.29, 0.717) is 12.2 Å². The van der Waals surface area contributed by atoms with Gasteiger partial charge in [-0.1, -0.05) is 42.5 Å². The summed E-state index contributed by atoms with van der Waals surface area (Å²) in [5, 5.41) is 9.41. The van der Waals surface area contributed by atoms with E-state index in [1.54, 1.807) is 6.07 Å². The van der Waals surface area contributed by atoms with E-state index >= 15 is 0 Å². The molecule has 0 bridgehead atoms. The summed E-state index contributed by atoms with van der Waals surface area (Å²) in [5.74, 6) is -0.241. The zero-order valence-electron chi connectivity index (χ0n) is 14.9. The van der Waals surface area contributed by atoms with E-state index in [4.69, 9.17) is 4.74 Å². The van der Waals surface area contributed by atoms with Crippen LogP contribution in [0.25, 0.3) is 22.0 Å². The maximum atomic E-state index is 12.2. The number of ether oxygens (including phenoxy) is 1. The van der Waals surface area contributed by atoms with Crippen LogP contribution in [0, 0.1) is 0 Å². The number of amides is 1. The lowest BCUT2D eigenvalue weighted by atomic mass is 10.0. The predicted molar refractivity (Wildman–Crippen MR) is 103 cm³/mol. The average Bonchev–Trinajstić information content (AvgIpc) is 3.21. The molecule has 2 aromatic carbocycles. The zero-order valence-corrected chi connectivity index (χ0v) is 14.9.